The first-order valence-electron chi connectivity index (χ1n) is 6.92. The molecule has 0 radical (unpaired) electrons. The van der Waals surface area contributed by atoms with Gasteiger partial charge in [-0.05, 0) is 43.8 Å². The fraction of sp³-hybridized carbons (Fsp3) is 0.533. The molecule has 2 N–H and O–H groups in total. The summed E-state index contributed by atoms with van der Waals surface area (Å²) in [4.78, 5) is 2.83. The molecule has 4 heteroatoms. The van der Waals surface area contributed by atoms with E-state index in [0.717, 1.165) is 30.9 Å². The first kappa shape index (κ1) is 15.9. The lowest BCUT2D eigenvalue weighted by Gasteiger charge is -2.20. The van der Waals surface area contributed by atoms with Crippen molar-refractivity contribution in [3.05, 3.63) is 29.8 Å². The monoisotopic (exact) mass is 280 g/mol. The van der Waals surface area contributed by atoms with Gasteiger partial charge in [-0.1, -0.05) is 32.5 Å². The van der Waals surface area contributed by atoms with Gasteiger partial charge in [0.05, 0.1) is 0 Å². The molecule has 0 fully saturated rings. The maximum Gasteiger partial charge on any atom is 0.119 e. The third kappa shape index (κ3) is 6.03. The largest absolute Gasteiger partial charge is 0.492 e. The minimum atomic E-state index is 0.420. The lowest BCUT2D eigenvalue weighted by Crippen LogP contribution is -2.29. The highest BCUT2D eigenvalue weighted by molar-refractivity contribution is 7.80. The van der Waals surface area contributed by atoms with Crippen molar-refractivity contribution in [2.45, 2.75) is 26.7 Å². The first-order chi connectivity index (χ1) is 9.17. The summed E-state index contributed by atoms with van der Waals surface area (Å²) in [5, 5.41) is 0. The smallest absolute Gasteiger partial charge is 0.119 e. The standard InChI is InChI=1S/C15H24N2OS/c1-3-5-10-17(4-2)11-12-18-14-8-6-13(7-9-14)15(16)19/h6-9H,3-5,10-12H2,1-2H3,(H2,16,19). The predicted octanol–water partition coefficient (Wildman–Crippen LogP) is 2.82. The number of hydrogen-bond donors (Lipinski definition) is 1. The van der Waals surface area contributed by atoms with E-state index in [9.17, 15) is 0 Å². The number of likely N-dealkylation sites (N-methyl/N-ethyl adjacent to an activating group) is 1. The third-order valence-corrected chi connectivity index (χ3v) is 3.33. The van der Waals surface area contributed by atoms with Crippen LogP contribution >= 0.6 is 12.2 Å². The Morgan fingerprint density at radius 2 is 1.89 bits per heavy atom. The third-order valence-electron chi connectivity index (χ3n) is 3.09. The normalized spacial score (nSPS) is 10.7. The number of rotatable bonds is 9. The quantitative estimate of drug-likeness (QED) is 0.706. The fourth-order valence-electron chi connectivity index (χ4n) is 1.82. The molecule has 0 saturated carbocycles. The van der Waals surface area contributed by atoms with Crippen LogP contribution in [0.4, 0.5) is 0 Å². The highest BCUT2D eigenvalue weighted by Gasteiger charge is 2.02. The van der Waals surface area contributed by atoms with Crippen LogP contribution in [0.3, 0.4) is 0 Å². The molecule has 1 aromatic carbocycles. The van der Waals surface area contributed by atoms with Gasteiger partial charge in [0.1, 0.15) is 17.3 Å². The molecular formula is C15H24N2OS. The molecule has 0 aliphatic heterocycles. The van der Waals surface area contributed by atoms with Crippen LogP contribution in [0, 0.1) is 0 Å². The molecule has 1 aromatic rings. The van der Waals surface area contributed by atoms with E-state index in [4.69, 9.17) is 22.7 Å². The van der Waals surface area contributed by atoms with Gasteiger partial charge in [-0.2, -0.15) is 0 Å². The lowest BCUT2D eigenvalue weighted by atomic mass is 10.2. The maximum absolute atomic E-state index is 5.73. The van der Waals surface area contributed by atoms with E-state index in [0.29, 0.717) is 11.6 Å². The average Bonchev–Trinajstić information content (AvgIpc) is 2.43. The summed E-state index contributed by atoms with van der Waals surface area (Å²) in [6.45, 7) is 8.30. The molecule has 0 bridgehead atoms. The van der Waals surface area contributed by atoms with E-state index in [1.165, 1.54) is 12.8 Å². The second-order valence-corrected chi connectivity index (χ2v) is 4.96. The summed E-state index contributed by atoms with van der Waals surface area (Å²) < 4.78 is 5.73. The molecule has 1 rings (SSSR count). The van der Waals surface area contributed by atoms with E-state index >= 15 is 0 Å². The molecule has 19 heavy (non-hydrogen) atoms. The second-order valence-electron chi connectivity index (χ2n) is 4.52. The Hall–Kier alpha value is -1.13. The molecule has 0 unspecified atom stereocenters. The number of unbranched alkanes of at least 4 members (excludes halogenated alkanes) is 1. The number of hydrogen-bond acceptors (Lipinski definition) is 3. The summed E-state index contributed by atoms with van der Waals surface area (Å²) in [7, 11) is 0. The molecule has 0 aromatic heterocycles. The van der Waals surface area contributed by atoms with Crippen molar-refractivity contribution in [1.82, 2.24) is 4.90 Å². The lowest BCUT2D eigenvalue weighted by molar-refractivity contribution is 0.213. The van der Waals surface area contributed by atoms with E-state index in [1.807, 2.05) is 24.3 Å². The summed E-state index contributed by atoms with van der Waals surface area (Å²) >= 11 is 4.91. The zero-order valence-corrected chi connectivity index (χ0v) is 12.7. The minimum absolute atomic E-state index is 0.420. The van der Waals surface area contributed by atoms with E-state index < -0.39 is 0 Å². The topological polar surface area (TPSA) is 38.5 Å². The molecule has 0 spiro atoms. The van der Waals surface area contributed by atoms with Crippen LogP contribution in [-0.2, 0) is 0 Å². The number of benzene rings is 1. The van der Waals surface area contributed by atoms with E-state index in [1.54, 1.807) is 0 Å². The zero-order chi connectivity index (χ0) is 14.1. The van der Waals surface area contributed by atoms with E-state index in [2.05, 4.69) is 18.7 Å². The SMILES string of the molecule is CCCCN(CC)CCOc1ccc(C(N)=S)cc1. The van der Waals surface area contributed by atoms with Crippen molar-refractivity contribution in [3.63, 3.8) is 0 Å². The molecule has 0 amide bonds. The summed E-state index contributed by atoms with van der Waals surface area (Å²) in [6.07, 6.45) is 2.48. The summed E-state index contributed by atoms with van der Waals surface area (Å²) in [6, 6.07) is 7.62. The molecular weight excluding hydrogens is 256 g/mol. The molecule has 0 aliphatic carbocycles. The first-order valence-corrected chi connectivity index (χ1v) is 7.33. The van der Waals surface area contributed by atoms with Gasteiger partial charge in [0, 0.05) is 12.1 Å². The van der Waals surface area contributed by atoms with Crippen molar-refractivity contribution in [2.75, 3.05) is 26.2 Å². The van der Waals surface area contributed by atoms with Gasteiger partial charge in [0.2, 0.25) is 0 Å². The van der Waals surface area contributed by atoms with Crippen LogP contribution in [0.15, 0.2) is 24.3 Å². The fourth-order valence-corrected chi connectivity index (χ4v) is 1.95. The molecule has 0 heterocycles. The van der Waals surface area contributed by atoms with Gasteiger partial charge in [-0.25, -0.2) is 0 Å². The highest BCUT2D eigenvalue weighted by atomic mass is 32.1. The van der Waals surface area contributed by atoms with Crippen molar-refractivity contribution >= 4 is 17.2 Å². The molecule has 0 saturated heterocycles. The number of nitrogens with two attached hydrogens (primary N) is 1. The van der Waals surface area contributed by atoms with E-state index in [-0.39, 0.29) is 0 Å². The van der Waals surface area contributed by atoms with Crippen molar-refractivity contribution in [1.29, 1.82) is 0 Å². The Bertz CT molecular complexity index is 378. The minimum Gasteiger partial charge on any atom is -0.492 e. The highest BCUT2D eigenvalue weighted by Crippen LogP contribution is 2.12. The van der Waals surface area contributed by atoms with Gasteiger partial charge >= 0.3 is 0 Å². The van der Waals surface area contributed by atoms with Gasteiger partial charge in [0.25, 0.3) is 0 Å². The van der Waals surface area contributed by atoms with Crippen LogP contribution in [0.2, 0.25) is 0 Å². The Morgan fingerprint density at radius 1 is 1.21 bits per heavy atom. The summed E-state index contributed by atoms with van der Waals surface area (Å²) in [5.41, 5.74) is 6.43. The van der Waals surface area contributed by atoms with Crippen LogP contribution in [-0.4, -0.2) is 36.1 Å². The van der Waals surface area contributed by atoms with Crippen LogP contribution in [0.1, 0.15) is 32.3 Å². The van der Waals surface area contributed by atoms with Crippen molar-refractivity contribution < 1.29 is 4.74 Å². The van der Waals surface area contributed by atoms with Crippen LogP contribution < -0.4 is 10.5 Å². The Labute approximate surface area is 121 Å². The van der Waals surface area contributed by atoms with Crippen molar-refractivity contribution in [3.8, 4) is 5.75 Å². The Balaban J connectivity index is 2.33. The predicted molar refractivity (Wildman–Crippen MR) is 84.8 cm³/mol. The Morgan fingerprint density at radius 3 is 2.42 bits per heavy atom. The van der Waals surface area contributed by atoms with Crippen LogP contribution in [0.5, 0.6) is 5.75 Å². The number of thiocarbonyl (C=S) groups is 1. The average molecular weight is 280 g/mol. The summed E-state index contributed by atoms with van der Waals surface area (Å²) in [5.74, 6) is 0.867. The van der Waals surface area contributed by atoms with Gasteiger partial charge < -0.3 is 15.4 Å². The maximum atomic E-state index is 5.73. The van der Waals surface area contributed by atoms with Gasteiger partial charge in [0.15, 0.2) is 0 Å². The molecule has 0 aliphatic rings. The van der Waals surface area contributed by atoms with Crippen molar-refractivity contribution in [2.24, 2.45) is 5.73 Å². The Kier molecular flexibility index (Phi) is 7.45. The van der Waals surface area contributed by atoms with Gasteiger partial charge in [-0.15, -0.1) is 0 Å². The molecule has 106 valence electrons. The van der Waals surface area contributed by atoms with Crippen LogP contribution in [0.25, 0.3) is 0 Å². The zero-order valence-electron chi connectivity index (χ0n) is 11.9. The molecule has 0 atom stereocenters. The molecule has 3 nitrogen and oxygen atoms in total. The second kappa shape index (κ2) is 8.88. The van der Waals surface area contributed by atoms with Gasteiger partial charge in [-0.3, -0.25) is 0 Å². The number of nitrogens with zero attached hydrogens (tertiary/aromatic N) is 1. The number of ether oxygens (including phenoxy) is 1.